The van der Waals surface area contributed by atoms with Crippen LogP contribution in [0.25, 0.3) is 22.0 Å². The van der Waals surface area contributed by atoms with Crippen LogP contribution in [-0.2, 0) is 24.4 Å². The summed E-state index contributed by atoms with van der Waals surface area (Å²) in [6, 6.07) is 8.49. The van der Waals surface area contributed by atoms with E-state index in [2.05, 4.69) is 10.0 Å². The Balaban J connectivity index is 1.32. The van der Waals surface area contributed by atoms with Gasteiger partial charge in [-0.05, 0) is 112 Å². The quantitative estimate of drug-likeness (QED) is 0.176. The van der Waals surface area contributed by atoms with Crippen LogP contribution >= 0.6 is 11.6 Å². The topological polar surface area (TPSA) is 194 Å². The molecule has 0 unspecified atom stereocenters. The van der Waals surface area contributed by atoms with Crippen LogP contribution in [-0.4, -0.2) is 114 Å². The lowest BCUT2D eigenvalue weighted by Gasteiger charge is -2.45. The van der Waals surface area contributed by atoms with E-state index >= 15 is 4.79 Å². The Kier molecular flexibility index (Phi) is 13.1. The summed E-state index contributed by atoms with van der Waals surface area (Å²) in [6.45, 7) is 4.32. The van der Waals surface area contributed by atoms with Gasteiger partial charge in [0, 0.05) is 23.3 Å². The van der Waals surface area contributed by atoms with Gasteiger partial charge in [0.15, 0.2) is 0 Å². The van der Waals surface area contributed by atoms with E-state index in [1.54, 1.807) is 54.6 Å². The van der Waals surface area contributed by atoms with Gasteiger partial charge < -0.3 is 29.5 Å². The largest absolute Gasteiger partial charge is 0.497 e. The van der Waals surface area contributed by atoms with E-state index in [0.29, 0.717) is 78.1 Å². The highest BCUT2D eigenvalue weighted by Gasteiger charge is 2.63. The minimum absolute atomic E-state index is 0.0329. The number of amides is 4. The molecule has 1 aromatic heterocycles. The fraction of sp³-hybridized carbons (Fsp3) is 0.533. The predicted molar refractivity (Wildman–Crippen MR) is 234 cm³/mol. The van der Waals surface area contributed by atoms with Crippen molar-refractivity contribution in [3.05, 3.63) is 59.6 Å². The van der Waals surface area contributed by atoms with Crippen LogP contribution in [0.3, 0.4) is 0 Å². The summed E-state index contributed by atoms with van der Waals surface area (Å²) >= 11 is 6.49. The number of carboxylic acid groups (broad SMARTS) is 1. The van der Waals surface area contributed by atoms with Crippen molar-refractivity contribution in [2.45, 2.75) is 113 Å². The maximum absolute atomic E-state index is 15.2. The van der Waals surface area contributed by atoms with Crippen molar-refractivity contribution in [1.29, 1.82) is 0 Å². The van der Waals surface area contributed by atoms with Crippen molar-refractivity contribution in [3.63, 3.8) is 0 Å². The Hall–Kier alpha value is -5.30. The average molecular weight is 948 g/mol. The van der Waals surface area contributed by atoms with Gasteiger partial charge in [-0.15, -0.1) is 0 Å². The molecular weight excluding hydrogens is 895 g/mol. The molecule has 4 aliphatic rings. The smallest absolute Gasteiger partial charge is 0.411 e. The van der Waals surface area contributed by atoms with Crippen LogP contribution in [0, 0.1) is 17.8 Å². The monoisotopic (exact) mass is 947 g/mol. The summed E-state index contributed by atoms with van der Waals surface area (Å²) in [6.07, 6.45) is -3.07. The molecule has 2 aliphatic carbocycles. The minimum Gasteiger partial charge on any atom is -0.497 e. The van der Waals surface area contributed by atoms with Gasteiger partial charge in [0.2, 0.25) is 27.7 Å². The highest BCUT2D eigenvalue weighted by Crippen LogP contribution is 2.47. The zero-order chi connectivity index (χ0) is 47.4. The van der Waals surface area contributed by atoms with Gasteiger partial charge in [0.05, 0.1) is 36.7 Å². The van der Waals surface area contributed by atoms with Crippen molar-refractivity contribution in [2.24, 2.45) is 17.8 Å². The predicted octanol–water partition coefficient (Wildman–Crippen LogP) is 7.11. The van der Waals surface area contributed by atoms with Crippen molar-refractivity contribution >= 4 is 56.2 Å². The zero-order valence-electron chi connectivity index (χ0n) is 36.8. The second-order valence-corrected chi connectivity index (χ2v) is 20.5. The summed E-state index contributed by atoms with van der Waals surface area (Å²) in [7, 11) is -1.08. The van der Waals surface area contributed by atoms with Crippen LogP contribution in [0.1, 0.15) is 72.6 Å². The van der Waals surface area contributed by atoms with Crippen LogP contribution in [0.5, 0.6) is 17.4 Å². The number of nitrogens with one attached hydrogen (secondary N) is 2. The number of sulfonamides is 1. The molecule has 2 aliphatic heterocycles. The number of benzene rings is 2. The number of fused-ring (bicyclic) bond motifs is 3. The molecular formula is C45H53ClF3N5O10S. The number of alkyl halides is 3. The van der Waals surface area contributed by atoms with Gasteiger partial charge in [-0.1, -0.05) is 37.6 Å². The Bertz CT molecular complexity index is 2520. The molecule has 3 heterocycles. The second-order valence-electron chi connectivity index (χ2n) is 18.2. The van der Waals surface area contributed by atoms with Crippen LogP contribution in [0.15, 0.2) is 54.6 Å². The number of halogens is 4. The Morgan fingerprint density at radius 1 is 1.03 bits per heavy atom. The molecule has 2 saturated carbocycles. The van der Waals surface area contributed by atoms with E-state index < -0.39 is 92.9 Å². The summed E-state index contributed by atoms with van der Waals surface area (Å²) in [5.74, 6) is -3.76. The lowest BCUT2D eigenvalue weighted by atomic mass is 9.85. The van der Waals surface area contributed by atoms with Gasteiger partial charge in [-0.25, -0.2) is 18.2 Å². The number of pyridine rings is 1. The summed E-state index contributed by atoms with van der Waals surface area (Å²) in [4.78, 5) is 63.0. The maximum atomic E-state index is 15.2. The maximum Gasteiger partial charge on any atom is 0.411 e. The van der Waals surface area contributed by atoms with E-state index in [-0.39, 0.29) is 36.0 Å². The van der Waals surface area contributed by atoms with Crippen LogP contribution in [0.4, 0.5) is 18.0 Å². The molecule has 1 saturated heterocycles. The van der Waals surface area contributed by atoms with Crippen molar-refractivity contribution < 1.29 is 60.1 Å². The molecule has 3 aromatic rings. The number of allylic oxidation sites excluding steroid dienone is 1. The van der Waals surface area contributed by atoms with Crippen molar-refractivity contribution in [3.8, 4) is 28.6 Å². The molecule has 7 rings (SSSR count). The number of hydrogen-bond acceptors (Lipinski definition) is 10. The number of hydrogen-bond donors (Lipinski definition) is 3. The lowest BCUT2D eigenvalue weighted by molar-refractivity contribution is -0.222. The minimum atomic E-state index is -5.12. The molecule has 65 heavy (non-hydrogen) atoms. The Morgan fingerprint density at radius 3 is 2.38 bits per heavy atom. The SMILES string of the molecule is COc1ccc2c(O[C@@H]3C[C@H]4C(=O)N[C@]5(C(=O)NS(=O)(=O)C6CC6)C[C@H]5/C=C\CC[C@@H](C)C[C@@H](C)[C@H](N(C(=O)O)C(C)(C)C(F)(F)F)C(=O)N4C3)nc(-c3ccc(OC)c(Cl)c3)cc2c1. The molecule has 20 heteroatoms. The molecule has 0 radical (unpaired) electrons. The van der Waals surface area contributed by atoms with E-state index in [4.69, 9.17) is 30.8 Å². The number of nitrogens with zero attached hydrogens (tertiary/aromatic N) is 3. The molecule has 0 spiro atoms. The summed E-state index contributed by atoms with van der Waals surface area (Å²) < 4.78 is 90.1. The number of carbonyl (C=O) groups is 4. The van der Waals surface area contributed by atoms with E-state index in [0.717, 1.165) is 4.90 Å². The highest BCUT2D eigenvalue weighted by atomic mass is 35.5. The van der Waals surface area contributed by atoms with Gasteiger partial charge in [-0.3, -0.25) is 24.0 Å². The second kappa shape index (κ2) is 17.8. The first-order chi connectivity index (χ1) is 30.5. The van der Waals surface area contributed by atoms with E-state index in [9.17, 15) is 41.1 Å². The van der Waals surface area contributed by atoms with Crippen molar-refractivity contribution in [1.82, 2.24) is 24.8 Å². The first kappa shape index (κ1) is 47.7. The van der Waals surface area contributed by atoms with Crippen LogP contribution < -0.4 is 24.2 Å². The molecule has 352 valence electrons. The molecule has 0 bridgehead atoms. The standard InChI is InChI=1S/C45H53ClF3N5O10S/c1-24-9-7-8-10-28-22-44(28,41(57)52-65(60,61)31-13-14-31)51-38(55)35-21-30(23-53(35)40(56)37(25(2)17-24)54(42(58)59)43(3,4)45(47,48)49)64-39-32-15-12-29(62-5)18-27(32)20-34(50-39)26-11-16-36(63-6)33(46)19-26/h8,10-12,15-16,18-20,24-25,28,30-31,35,37H,7,9,13-14,17,21-23H2,1-6H3,(H,51,55)(H,52,57)(H,58,59)/b10-8-/t24-,25-,28-,30-,35+,37+,44-/m1/s1. The van der Waals surface area contributed by atoms with Gasteiger partial charge in [0.1, 0.15) is 40.8 Å². The number of carbonyl (C=O) groups excluding carboxylic acids is 3. The van der Waals surface area contributed by atoms with Crippen LogP contribution in [0.2, 0.25) is 5.02 Å². The molecule has 7 atom stereocenters. The highest BCUT2D eigenvalue weighted by molar-refractivity contribution is 7.91. The fourth-order valence-electron chi connectivity index (χ4n) is 9.04. The van der Waals surface area contributed by atoms with Gasteiger partial charge in [0.25, 0.3) is 5.91 Å². The average Bonchev–Trinajstić information content (AvgIpc) is 4.16. The first-order valence-corrected chi connectivity index (χ1v) is 23.4. The summed E-state index contributed by atoms with van der Waals surface area (Å²) in [5.41, 5.74) is -3.83. The third-order valence-electron chi connectivity index (χ3n) is 13.1. The molecule has 4 amide bonds. The van der Waals surface area contributed by atoms with Gasteiger partial charge >= 0.3 is 12.3 Å². The molecule has 3 N–H and O–H groups in total. The number of aromatic nitrogens is 1. The number of methoxy groups -OCH3 is 2. The molecule has 3 fully saturated rings. The third-order valence-corrected chi connectivity index (χ3v) is 15.2. The zero-order valence-corrected chi connectivity index (χ0v) is 38.4. The molecule has 15 nitrogen and oxygen atoms in total. The van der Waals surface area contributed by atoms with Gasteiger partial charge in [-0.2, -0.15) is 13.2 Å². The first-order valence-electron chi connectivity index (χ1n) is 21.4. The lowest BCUT2D eigenvalue weighted by Crippen LogP contribution is -2.66. The molecule has 2 aromatic carbocycles. The van der Waals surface area contributed by atoms with Crippen molar-refractivity contribution in [2.75, 3.05) is 20.8 Å². The fourth-order valence-corrected chi connectivity index (χ4v) is 10.7. The Labute approximate surface area is 380 Å². The van der Waals surface area contributed by atoms with E-state index in [1.807, 2.05) is 6.92 Å². The summed E-state index contributed by atoms with van der Waals surface area (Å²) in [5, 5.41) is 14.0. The third kappa shape index (κ3) is 9.53. The Morgan fingerprint density at radius 2 is 1.75 bits per heavy atom. The van der Waals surface area contributed by atoms with E-state index in [1.165, 1.54) is 21.1 Å². The normalized spacial score (nSPS) is 27.0. The number of rotatable bonds is 10. The number of ether oxygens (including phenoxy) is 3.